The van der Waals surface area contributed by atoms with Crippen LogP contribution in [0.1, 0.15) is 33.6 Å². The standard InChI is InChI=1S/C14H28N4O2/c1-4-7-18(12-5-6-15-9-12)10-13(19)17-14(20)16-8-11(2)3/h11-12,15H,4-10H2,1-3H3,(H2,16,17,19,20). The summed E-state index contributed by atoms with van der Waals surface area (Å²) in [4.78, 5) is 25.6. The molecule has 1 saturated heterocycles. The highest BCUT2D eigenvalue weighted by Crippen LogP contribution is 2.08. The van der Waals surface area contributed by atoms with Crippen molar-refractivity contribution in [1.29, 1.82) is 0 Å². The molecule has 0 aliphatic carbocycles. The van der Waals surface area contributed by atoms with E-state index in [9.17, 15) is 9.59 Å². The minimum Gasteiger partial charge on any atom is -0.338 e. The average molecular weight is 284 g/mol. The van der Waals surface area contributed by atoms with Crippen molar-refractivity contribution in [1.82, 2.24) is 20.9 Å². The molecule has 0 aromatic carbocycles. The predicted octanol–water partition coefficient (Wildman–Crippen LogP) is 0.542. The zero-order chi connectivity index (χ0) is 15.0. The summed E-state index contributed by atoms with van der Waals surface area (Å²) >= 11 is 0. The first-order valence-electron chi connectivity index (χ1n) is 7.55. The summed E-state index contributed by atoms with van der Waals surface area (Å²) in [7, 11) is 0. The van der Waals surface area contributed by atoms with E-state index in [-0.39, 0.29) is 12.5 Å². The Morgan fingerprint density at radius 3 is 2.70 bits per heavy atom. The minimum atomic E-state index is -0.398. The Morgan fingerprint density at radius 1 is 1.40 bits per heavy atom. The molecular formula is C14H28N4O2. The minimum absolute atomic E-state index is 0.230. The van der Waals surface area contributed by atoms with Crippen molar-refractivity contribution < 1.29 is 9.59 Å². The number of carbonyl (C=O) groups excluding carboxylic acids is 2. The van der Waals surface area contributed by atoms with Crippen molar-refractivity contribution in [2.75, 3.05) is 32.7 Å². The Kier molecular flexibility index (Phi) is 7.54. The fraction of sp³-hybridized carbons (Fsp3) is 0.857. The van der Waals surface area contributed by atoms with Crippen LogP contribution >= 0.6 is 0 Å². The van der Waals surface area contributed by atoms with E-state index in [1.54, 1.807) is 0 Å². The second-order valence-electron chi connectivity index (χ2n) is 5.77. The lowest BCUT2D eigenvalue weighted by Crippen LogP contribution is -2.48. The van der Waals surface area contributed by atoms with Crippen LogP contribution in [0.5, 0.6) is 0 Å². The van der Waals surface area contributed by atoms with Gasteiger partial charge in [0.05, 0.1) is 6.54 Å². The molecule has 1 unspecified atom stereocenters. The summed E-state index contributed by atoms with van der Waals surface area (Å²) in [6, 6.07) is 0.00382. The zero-order valence-electron chi connectivity index (χ0n) is 12.9. The molecule has 3 N–H and O–H groups in total. The maximum Gasteiger partial charge on any atom is 0.321 e. The Hall–Kier alpha value is -1.14. The quantitative estimate of drug-likeness (QED) is 0.638. The molecular weight excluding hydrogens is 256 g/mol. The molecule has 1 heterocycles. The number of rotatable bonds is 7. The highest BCUT2D eigenvalue weighted by atomic mass is 16.2. The van der Waals surface area contributed by atoms with Gasteiger partial charge in [0.2, 0.25) is 5.91 Å². The lowest BCUT2D eigenvalue weighted by Gasteiger charge is -2.27. The molecule has 1 aliphatic heterocycles. The van der Waals surface area contributed by atoms with E-state index in [0.717, 1.165) is 32.5 Å². The van der Waals surface area contributed by atoms with Gasteiger partial charge in [0.15, 0.2) is 0 Å². The number of amides is 3. The Labute approximate surface area is 121 Å². The zero-order valence-corrected chi connectivity index (χ0v) is 12.9. The number of nitrogens with one attached hydrogen (secondary N) is 3. The number of urea groups is 1. The van der Waals surface area contributed by atoms with E-state index in [1.165, 1.54) is 0 Å². The monoisotopic (exact) mass is 284 g/mol. The summed E-state index contributed by atoms with van der Waals surface area (Å²) in [6.07, 6.45) is 2.07. The molecule has 6 heteroatoms. The molecule has 1 aliphatic rings. The van der Waals surface area contributed by atoms with Gasteiger partial charge in [0, 0.05) is 19.1 Å². The van der Waals surface area contributed by atoms with Gasteiger partial charge in [-0.3, -0.25) is 15.0 Å². The van der Waals surface area contributed by atoms with Gasteiger partial charge >= 0.3 is 6.03 Å². The van der Waals surface area contributed by atoms with Gasteiger partial charge in [-0.25, -0.2) is 4.79 Å². The van der Waals surface area contributed by atoms with Crippen LogP contribution in [0.3, 0.4) is 0 Å². The molecule has 1 atom stereocenters. The van der Waals surface area contributed by atoms with Crippen molar-refractivity contribution in [2.45, 2.75) is 39.7 Å². The highest BCUT2D eigenvalue weighted by molar-refractivity contribution is 5.95. The number of nitrogens with zero attached hydrogens (tertiary/aromatic N) is 1. The van der Waals surface area contributed by atoms with Crippen LogP contribution < -0.4 is 16.0 Å². The second kappa shape index (κ2) is 8.92. The van der Waals surface area contributed by atoms with Crippen LogP contribution in [0.4, 0.5) is 4.79 Å². The van der Waals surface area contributed by atoms with E-state index in [2.05, 4.69) is 27.8 Å². The molecule has 3 amide bonds. The van der Waals surface area contributed by atoms with Crippen molar-refractivity contribution in [3.05, 3.63) is 0 Å². The van der Waals surface area contributed by atoms with Gasteiger partial charge in [-0.05, 0) is 31.8 Å². The topological polar surface area (TPSA) is 73.5 Å². The number of imide groups is 1. The Balaban J connectivity index is 2.35. The fourth-order valence-electron chi connectivity index (χ4n) is 2.32. The first kappa shape index (κ1) is 16.9. The smallest absolute Gasteiger partial charge is 0.321 e. The van der Waals surface area contributed by atoms with Gasteiger partial charge in [-0.15, -0.1) is 0 Å². The van der Waals surface area contributed by atoms with Gasteiger partial charge < -0.3 is 10.6 Å². The van der Waals surface area contributed by atoms with Crippen LogP contribution in [-0.4, -0.2) is 55.6 Å². The summed E-state index contributed by atoms with van der Waals surface area (Å²) in [5.41, 5.74) is 0. The van der Waals surface area contributed by atoms with E-state index >= 15 is 0 Å². The first-order chi connectivity index (χ1) is 9.52. The van der Waals surface area contributed by atoms with Crippen molar-refractivity contribution >= 4 is 11.9 Å². The van der Waals surface area contributed by atoms with E-state index in [4.69, 9.17) is 0 Å². The molecule has 20 heavy (non-hydrogen) atoms. The second-order valence-corrected chi connectivity index (χ2v) is 5.77. The third-order valence-electron chi connectivity index (χ3n) is 3.33. The molecule has 0 spiro atoms. The maximum absolute atomic E-state index is 11.9. The van der Waals surface area contributed by atoms with Crippen LogP contribution in [0.25, 0.3) is 0 Å². The molecule has 1 rings (SSSR count). The molecule has 0 bridgehead atoms. The van der Waals surface area contributed by atoms with E-state index < -0.39 is 6.03 Å². The Morgan fingerprint density at radius 2 is 2.15 bits per heavy atom. The third kappa shape index (κ3) is 6.34. The first-order valence-corrected chi connectivity index (χ1v) is 7.55. The molecule has 0 aromatic heterocycles. The molecule has 0 saturated carbocycles. The lowest BCUT2D eigenvalue weighted by molar-refractivity contribution is -0.121. The summed E-state index contributed by atoms with van der Waals surface area (Å²) < 4.78 is 0. The molecule has 0 aromatic rings. The van der Waals surface area contributed by atoms with Crippen molar-refractivity contribution in [2.24, 2.45) is 5.92 Å². The number of carbonyl (C=O) groups is 2. The average Bonchev–Trinajstić information content (AvgIpc) is 2.89. The van der Waals surface area contributed by atoms with Crippen LogP contribution in [0.15, 0.2) is 0 Å². The Bertz CT molecular complexity index is 314. The summed E-state index contributed by atoms with van der Waals surface area (Å²) in [5.74, 6) is 0.142. The lowest BCUT2D eigenvalue weighted by atomic mass is 10.2. The van der Waals surface area contributed by atoms with E-state index in [1.807, 2.05) is 13.8 Å². The van der Waals surface area contributed by atoms with Gasteiger partial charge in [0.1, 0.15) is 0 Å². The molecule has 1 fully saturated rings. The molecule has 6 nitrogen and oxygen atoms in total. The number of hydrogen-bond acceptors (Lipinski definition) is 4. The summed E-state index contributed by atoms with van der Waals surface area (Å²) in [5, 5.41) is 8.39. The van der Waals surface area contributed by atoms with Crippen molar-refractivity contribution in [3.8, 4) is 0 Å². The predicted molar refractivity (Wildman–Crippen MR) is 79.5 cm³/mol. The fourth-order valence-corrected chi connectivity index (χ4v) is 2.32. The van der Waals surface area contributed by atoms with E-state index in [0.29, 0.717) is 18.5 Å². The highest BCUT2D eigenvalue weighted by Gasteiger charge is 2.23. The van der Waals surface area contributed by atoms with Gasteiger partial charge in [-0.1, -0.05) is 20.8 Å². The SMILES string of the molecule is CCCN(CC(=O)NC(=O)NCC(C)C)C1CCNC1. The largest absolute Gasteiger partial charge is 0.338 e. The molecule has 116 valence electrons. The van der Waals surface area contributed by atoms with Gasteiger partial charge in [0.25, 0.3) is 0 Å². The van der Waals surface area contributed by atoms with Crippen LogP contribution in [0, 0.1) is 5.92 Å². The number of hydrogen-bond donors (Lipinski definition) is 3. The summed E-state index contributed by atoms with van der Waals surface area (Å²) in [6.45, 7) is 9.79. The normalized spacial score (nSPS) is 18.6. The van der Waals surface area contributed by atoms with Gasteiger partial charge in [-0.2, -0.15) is 0 Å². The van der Waals surface area contributed by atoms with Crippen LogP contribution in [0.2, 0.25) is 0 Å². The maximum atomic E-state index is 11.9. The molecule has 0 radical (unpaired) electrons. The third-order valence-corrected chi connectivity index (χ3v) is 3.33. The van der Waals surface area contributed by atoms with Crippen LogP contribution in [-0.2, 0) is 4.79 Å². The van der Waals surface area contributed by atoms with Crippen molar-refractivity contribution in [3.63, 3.8) is 0 Å².